The van der Waals surface area contributed by atoms with Gasteiger partial charge in [-0.3, -0.25) is 9.59 Å². The van der Waals surface area contributed by atoms with E-state index >= 15 is 0 Å². The first-order valence-electron chi connectivity index (χ1n) is 8.55. The van der Waals surface area contributed by atoms with Crippen molar-refractivity contribution in [3.63, 3.8) is 0 Å². The van der Waals surface area contributed by atoms with Crippen LogP contribution in [0.4, 0.5) is 0 Å². The van der Waals surface area contributed by atoms with Crippen molar-refractivity contribution in [1.82, 2.24) is 10.2 Å². The number of halogens is 3. The zero-order valence-corrected chi connectivity index (χ0v) is 17.4. The average molecular weight is 428 g/mol. The Morgan fingerprint density at radius 1 is 1.04 bits per heavy atom. The maximum absolute atomic E-state index is 13.1. The molecule has 0 aromatic heterocycles. The highest BCUT2D eigenvalue weighted by molar-refractivity contribution is 6.35. The van der Waals surface area contributed by atoms with Crippen LogP contribution in [-0.4, -0.2) is 29.8 Å². The zero-order chi connectivity index (χ0) is 20.0. The third-order valence-electron chi connectivity index (χ3n) is 4.29. The predicted octanol–water partition coefficient (Wildman–Crippen LogP) is 4.74. The molecule has 27 heavy (non-hydrogen) atoms. The quantitative estimate of drug-likeness (QED) is 0.693. The third kappa shape index (κ3) is 5.61. The molecule has 144 valence electrons. The molecule has 0 spiro atoms. The van der Waals surface area contributed by atoms with Crippen molar-refractivity contribution >= 4 is 46.6 Å². The highest BCUT2D eigenvalue weighted by atomic mass is 35.5. The fourth-order valence-corrected chi connectivity index (χ4v) is 3.50. The summed E-state index contributed by atoms with van der Waals surface area (Å²) in [5.74, 6) is -0.435. The number of hydrogen-bond donors (Lipinski definition) is 1. The van der Waals surface area contributed by atoms with E-state index in [1.165, 1.54) is 0 Å². The minimum atomic E-state index is -0.607. The van der Waals surface area contributed by atoms with Crippen LogP contribution in [0.3, 0.4) is 0 Å². The summed E-state index contributed by atoms with van der Waals surface area (Å²) >= 11 is 18.4. The largest absolute Gasteiger partial charge is 0.357 e. The highest BCUT2D eigenvalue weighted by Gasteiger charge is 2.28. The van der Waals surface area contributed by atoms with E-state index in [0.717, 1.165) is 5.56 Å². The minimum Gasteiger partial charge on any atom is -0.357 e. The van der Waals surface area contributed by atoms with Gasteiger partial charge in [0.2, 0.25) is 11.8 Å². The zero-order valence-electron chi connectivity index (χ0n) is 15.1. The molecule has 0 saturated heterocycles. The van der Waals surface area contributed by atoms with E-state index in [4.69, 9.17) is 34.8 Å². The lowest BCUT2D eigenvalue weighted by atomic mass is 10.1. The molecule has 0 aliphatic carbocycles. The number of likely N-dealkylation sites (N-methyl/N-ethyl adjacent to an activating group) is 1. The number of carbonyl (C=O) groups excluding carboxylic acids is 2. The number of amides is 2. The predicted molar refractivity (Wildman–Crippen MR) is 110 cm³/mol. The van der Waals surface area contributed by atoms with E-state index < -0.39 is 6.04 Å². The molecule has 0 aliphatic rings. The van der Waals surface area contributed by atoms with Crippen molar-refractivity contribution in [2.75, 3.05) is 7.05 Å². The van der Waals surface area contributed by atoms with Gasteiger partial charge in [0.15, 0.2) is 0 Å². The van der Waals surface area contributed by atoms with Crippen LogP contribution in [0.5, 0.6) is 0 Å². The van der Waals surface area contributed by atoms with Crippen molar-refractivity contribution in [1.29, 1.82) is 0 Å². The van der Waals surface area contributed by atoms with Gasteiger partial charge in [0.1, 0.15) is 6.04 Å². The monoisotopic (exact) mass is 426 g/mol. The number of benzene rings is 2. The summed E-state index contributed by atoms with van der Waals surface area (Å²) in [6.45, 7) is 2.09. The Hall–Kier alpha value is -1.75. The summed E-state index contributed by atoms with van der Waals surface area (Å²) < 4.78 is 0. The van der Waals surface area contributed by atoms with E-state index in [-0.39, 0.29) is 24.8 Å². The second-order valence-electron chi connectivity index (χ2n) is 6.06. The molecule has 4 nitrogen and oxygen atoms in total. The van der Waals surface area contributed by atoms with E-state index in [1.807, 2.05) is 25.1 Å². The van der Waals surface area contributed by atoms with Gasteiger partial charge < -0.3 is 10.2 Å². The lowest BCUT2D eigenvalue weighted by molar-refractivity contribution is -0.140. The van der Waals surface area contributed by atoms with Gasteiger partial charge in [0, 0.05) is 28.7 Å². The molecule has 0 heterocycles. The number of carbonyl (C=O) groups is 2. The number of hydrogen-bond acceptors (Lipinski definition) is 2. The summed E-state index contributed by atoms with van der Waals surface area (Å²) in [5.41, 5.74) is 1.43. The molecule has 0 unspecified atom stereocenters. The van der Waals surface area contributed by atoms with Gasteiger partial charge in [-0.2, -0.15) is 0 Å². The van der Waals surface area contributed by atoms with Crippen molar-refractivity contribution in [3.8, 4) is 0 Å². The molecule has 0 radical (unpaired) electrons. The Morgan fingerprint density at radius 3 is 2.33 bits per heavy atom. The van der Waals surface area contributed by atoms with E-state index in [0.29, 0.717) is 27.1 Å². The summed E-state index contributed by atoms with van der Waals surface area (Å²) in [4.78, 5) is 27.0. The van der Waals surface area contributed by atoms with Gasteiger partial charge in [-0.05, 0) is 35.7 Å². The third-order valence-corrected chi connectivity index (χ3v) is 5.24. The lowest BCUT2D eigenvalue weighted by Crippen LogP contribution is -2.48. The molecule has 1 N–H and O–H groups in total. The standard InChI is InChI=1S/C20H21Cl3N2O2/c1-3-18(20(27)24-2)25(12-14-6-4-5-7-16(14)22)19(26)10-13-8-9-15(21)11-17(13)23/h4-9,11,18H,3,10,12H2,1-2H3,(H,24,27)/t18-/m1/s1. The molecular formula is C20H21Cl3N2O2. The summed E-state index contributed by atoms with van der Waals surface area (Å²) in [6.07, 6.45) is 0.540. The van der Waals surface area contributed by atoms with E-state index in [1.54, 1.807) is 36.2 Å². The van der Waals surface area contributed by atoms with Crippen LogP contribution in [0.1, 0.15) is 24.5 Å². The summed E-state index contributed by atoms with van der Waals surface area (Å²) in [6, 6.07) is 11.7. The highest BCUT2D eigenvalue weighted by Crippen LogP contribution is 2.24. The normalized spacial score (nSPS) is 11.7. The Morgan fingerprint density at radius 2 is 1.74 bits per heavy atom. The lowest BCUT2D eigenvalue weighted by Gasteiger charge is -2.30. The van der Waals surface area contributed by atoms with Crippen LogP contribution in [0.15, 0.2) is 42.5 Å². The molecule has 0 bridgehead atoms. The molecule has 2 rings (SSSR count). The molecule has 2 amide bonds. The van der Waals surface area contributed by atoms with Crippen LogP contribution in [0.2, 0.25) is 15.1 Å². The van der Waals surface area contributed by atoms with Crippen LogP contribution in [-0.2, 0) is 22.6 Å². The van der Waals surface area contributed by atoms with Gasteiger partial charge in [0.25, 0.3) is 0 Å². The van der Waals surface area contributed by atoms with E-state index in [2.05, 4.69) is 5.32 Å². The molecule has 0 aliphatic heterocycles. The van der Waals surface area contributed by atoms with Gasteiger partial charge in [-0.15, -0.1) is 0 Å². The SMILES string of the molecule is CC[C@H](C(=O)NC)N(Cc1ccccc1Cl)C(=O)Cc1ccc(Cl)cc1Cl. The fourth-order valence-electron chi connectivity index (χ4n) is 2.83. The number of rotatable bonds is 7. The first-order valence-corrected chi connectivity index (χ1v) is 9.69. The Balaban J connectivity index is 2.33. The maximum atomic E-state index is 13.1. The fraction of sp³-hybridized carbons (Fsp3) is 0.300. The van der Waals surface area contributed by atoms with Crippen molar-refractivity contribution < 1.29 is 9.59 Å². The summed E-state index contributed by atoms with van der Waals surface area (Å²) in [5, 5.41) is 4.09. The molecule has 7 heteroatoms. The molecular weight excluding hydrogens is 407 g/mol. The average Bonchev–Trinajstić information content (AvgIpc) is 2.65. The molecule has 2 aromatic rings. The van der Waals surface area contributed by atoms with Gasteiger partial charge in [0.05, 0.1) is 6.42 Å². The van der Waals surface area contributed by atoms with E-state index in [9.17, 15) is 9.59 Å². The second kappa shape index (κ2) is 9.98. The van der Waals surface area contributed by atoms with Crippen LogP contribution in [0, 0.1) is 0 Å². The first-order chi connectivity index (χ1) is 12.9. The minimum absolute atomic E-state index is 0.0634. The Kier molecular flexibility index (Phi) is 7.96. The molecule has 0 fully saturated rings. The van der Waals surface area contributed by atoms with Crippen molar-refractivity contribution in [2.24, 2.45) is 0 Å². The Labute approximate surface area is 174 Å². The molecule has 2 aromatic carbocycles. The summed E-state index contributed by atoms with van der Waals surface area (Å²) in [7, 11) is 1.55. The van der Waals surface area contributed by atoms with Crippen molar-refractivity contribution in [3.05, 3.63) is 68.7 Å². The maximum Gasteiger partial charge on any atom is 0.242 e. The molecule has 0 saturated carbocycles. The smallest absolute Gasteiger partial charge is 0.242 e. The van der Waals surface area contributed by atoms with Crippen LogP contribution >= 0.6 is 34.8 Å². The first kappa shape index (κ1) is 21.5. The van der Waals surface area contributed by atoms with Crippen molar-refractivity contribution in [2.45, 2.75) is 32.4 Å². The Bertz CT molecular complexity index is 827. The second-order valence-corrected chi connectivity index (χ2v) is 7.31. The van der Waals surface area contributed by atoms with Gasteiger partial charge in [-0.25, -0.2) is 0 Å². The van der Waals surface area contributed by atoms with Crippen LogP contribution in [0.25, 0.3) is 0 Å². The van der Waals surface area contributed by atoms with Gasteiger partial charge >= 0.3 is 0 Å². The van der Waals surface area contributed by atoms with Gasteiger partial charge in [-0.1, -0.05) is 66.0 Å². The molecule has 1 atom stereocenters. The topological polar surface area (TPSA) is 49.4 Å². The number of nitrogens with zero attached hydrogens (tertiary/aromatic N) is 1. The van der Waals surface area contributed by atoms with Crippen LogP contribution < -0.4 is 5.32 Å². The number of nitrogens with one attached hydrogen (secondary N) is 1.